The number of amides is 1. The van der Waals surface area contributed by atoms with Crippen LogP contribution in [0.4, 0.5) is 5.69 Å². The van der Waals surface area contributed by atoms with Crippen LogP contribution in [0.5, 0.6) is 0 Å². The molecule has 1 heterocycles. The van der Waals surface area contributed by atoms with E-state index in [4.69, 9.17) is 17.3 Å². The van der Waals surface area contributed by atoms with Gasteiger partial charge in [-0.15, -0.1) is 0 Å². The van der Waals surface area contributed by atoms with Crippen LogP contribution in [-0.2, 0) is 6.54 Å². The highest BCUT2D eigenvalue weighted by Gasteiger charge is 2.09. The second-order valence-corrected chi connectivity index (χ2v) is 4.07. The highest BCUT2D eigenvalue weighted by molar-refractivity contribution is 6.31. The number of anilines is 1. The van der Waals surface area contributed by atoms with Gasteiger partial charge in [-0.2, -0.15) is 10.2 Å². The zero-order chi connectivity index (χ0) is 13.0. The Labute approximate surface area is 109 Å². The van der Waals surface area contributed by atoms with E-state index in [0.29, 0.717) is 28.5 Å². The van der Waals surface area contributed by atoms with Gasteiger partial charge in [-0.3, -0.25) is 4.79 Å². The van der Waals surface area contributed by atoms with E-state index in [2.05, 4.69) is 15.5 Å². The molecule has 0 aliphatic carbocycles. The van der Waals surface area contributed by atoms with Crippen molar-refractivity contribution in [2.24, 2.45) is 0 Å². The lowest BCUT2D eigenvalue weighted by atomic mass is 10.1. The number of nitrogens with two attached hydrogens (primary N) is 1. The number of nitrogens with zero attached hydrogens (tertiary/aromatic N) is 2. The van der Waals surface area contributed by atoms with Crippen LogP contribution in [0.15, 0.2) is 36.5 Å². The van der Waals surface area contributed by atoms with Crippen LogP contribution in [0.3, 0.4) is 0 Å². The minimum atomic E-state index is -0.269. The molecule has 0 unspecified atom stereocenters. The maximum absolute atomic E-state index is 11.9. The van der Waals surface area contributed by atoms with E-state index in [0.717, 1.165) is 0 Å². The smallest absolute Gasteiger partial charge is 0.253 e. The number of carbonyl (C=O) groups excluding carboxylic acids is 1. The van der Waals surface area contributed by atoms with E-state index in [-0.39, 0.29) is 5.91 Å². The lowest BCUT2D eigenvalue weighted by molar-refractivity contribution is 0.0951. The summed E-state index contributed by atoms with van der Waals surface area (Å²) in [7, 11) is 0. The van der Waals surface area contributed by atoms with Crippen molar-refractivity contribution in [3.8, 4) is 0 Å². The van der Waals surface area contributed by atoms with Crippen LogP contribution in [-0.4, -0.2) is 16.1 Å². The molecule has 6 heteroatoms. The molecule has 1 aromatic carbocycles. The first-order chi connectivity index (χ1) is 8.66. The summed E-state index contributed by atoms with van der Waals surface area (Å²) in [5.74, 6) is -0.269. The van der Waals surface area contributed by atoms with Gasteiger partial charge in [-0.25, -0.2) is 0 Å². The van der Waals surface area contributed by atoms with Crippen molar-refractivity contribution in [3.05, 3.63) is 52.8 Å². The Morgan fingerprint density at radius 1 is 1.39 bits per heavy atom. The fourth-order valence-corrected chi connectivity index (χ4v) is 1.61. The molecule has 1 amide bonds. The number of nitrogens with one attached hydrogen (secondary N) is 1. The molecular formula is C12H11ClN4O. The highest BCUT2D eigenvalue weighted by atomic mass is 35.5. The molecule has 3 N–H and O–H groups in total. The summed E-state index contributed by atoms with van der Waals surface area (Å²) in [6.45, 7) is 0.300. The fourth-order valence-electron chi connectivity index (χ4n) is 1.43. The lowest BCUT2D eigenvalue weighted by Crippen LogP contribution is -2.24. The van der Waals surface area contributed by atoms with E-state index in [1.54, 1.807) is 36.5 Å². The molecule has 18 heavy (non-hydrogen) atoms. The summed E-state index contributed by atoms with van der Waals surface area (Å²) in [4.78, 5) is 11.9. The Morgan fingerprint density at radius 3 is 2.89 bits per heavy atom. The van der Waals surface area contributed by atoms with Crippen molar-refractivity contribution < 1.29 is 4.79 Å². The molecule has 0 saturated heterocycles. The fraction of sp³-hybridized carbons (Fsp3) is 0.0833. The maximum atomic E-state index is 11.9. The molecule has 1 aromatic heterocycles. The van der Waals surface area contributed by atoms with Crippen LogP contribution < -0.4 is 11.1 Å². The molecular weight excluding hydrogens is 252 g/mol. The van der Waals surface area contributed by atoms with Gasteiger partial charge in [-0.1, -0.05) is 11.6 Å². The third-order valence-electron chi connectivity index (χ3n) is 2.32. The predicted octanol–water partition coefficient (Wildman–Crippen LogP) is 1.64. The number of hydrogen-bond donors (Lipinski definition) is 2. The van der Waals surface area contributed by atoms with Gasteiger partial charge in [0.2, 0.25) is 0 Å². The summed E-state index contributed by atoms with van der Waals surface area (Å²) < 4.78 is 0. The van der Waals surface area contributed by atoms with Gasteiger partial charge in [0.15, 0.2) is 0 Å². The number of halogens is 1. The Bertz CT molecular complexity index is 559. The zero-order valence-corrected chi connectivity index (χ0v) is 10.2. The third kappa shape index (κ3) is 2.95. The molecule has 2 aromatic rings. The Kier molecular flexibility index (Phi) is 3.74. The molecule has 0 fully saturated rings. The molecule has 0 aliphatic heterocycles. The van der Waals surface area contributed by atoms with Crippen LogP contribution in [0, 0.1) is 0 Å². The van der Waals surface area contributed by atoms with Crippen LogP contribution in [0.2, 0.25) is 5.02 Å². The summed E-state index contributed by atoms with van der Waals surface area (Å²) in [5, 5.41) is 10.8. The molecule has 0 spiro atoms. The SMILES string of the molecule is Nc1cc(Cl)ccc1C(=O)NCc1cccnn1. The first kappa shape index (κ1) is 12.3. The maximum Gasteiger partial charge on any atom is 0.253 e. The van der Waals surface area contributed by atoms with Crippen molar-refractivity contribution in [3.63, 3.8) is 0 Å². The molecule has 2 rings (SSSR count). The van der Waals surface area contributed by atoms with Crippen LogP contribution >= 0.6 is 11.6 Å². The van der Waals surface area contributed by atoms with E-state index >= 15 is 0 Å². The van der Waals surface area contributed by atoms with E-state index < -0.39 is 0 Å². The molecule has 0 atom stereocenters. The average molecular weight is 263 g/mol. The minimum absolute atomic E-state index is 0.269. The molecule has 0 aliphatic rings. The predicted molar refractivity (Wildman–Crippen MR) is 69.1 cm³/mol. The number of nitrogen functional groups attached to an aromatic ring is 1. The number of carbonyl (C=O) groups is 1. The van der Waals surface area contributed by atoms with E-state index in [9.17, 15) is 4.79 Å². The second-order valence-electron chi connectivity index (χ2n) is 3.63. The molecule has 92 valence electrons. The largest absolute Gasteiger partial charge is 0.398 e. The number of aromatic nitrogens is 2. The summed E-state index contributed by atoms with van der Waals surface area (Å²) in [6.07, 6.45) is 1.57. The van der Waals surface area contributed by atoms with Crippen molar-refractivity contribution >= 4 is 23.2 Å². The van der Waals surface area contributed by atoms with Gasteiger partial charge in [0.05, 0.1) is 17.8 Å². The third-order valence-corrected chi connectivity index (χ3v) is 2.55. The van der Waals surface area contributed by atoms with Crippen molar-refractivity contribution in [1.82, 2.24) is 15.5 Å². The van der Waals surface area contributed by atoms with E-state index in [1.807, 2.05) is 0 Å². The molecule has 5 nitrogen and oxygen atoms in total. The van der Waals surface area contributed by atoms with Crippen molar-refractivity contribution in [1.29, 1.82) is 0 Å². The monoisotopic (exact) mass is 262 g/mol. The number of rotatable bonds is 3. The lowest BCUT2D eigenvalue weighted by Gasteiger charge is -2.07. The Morgan fingerprint density at radius 2 is 2.22 bits per heavy atom. The summed E-state index contributed by atoms with van der Waals surface area (Å²) >= 11 is 5.76. The minimum Gasteiger partial charge on any atom is -0.398 e. The molecule has 0 saturated carbocycles. The average Bonchev–Trinajstić information content (AvgIpc) is 2.37. The van der Waals surface area contributed by atoms with Crippen molar-refractivity contribution in [2.45, 2.75) is 6.54 Å². The van der Waals surface area contributed by atoms with Crippen LogP contribution in [0.25, 0.3) is 0 Å². The normalized spacial score (nSPS) is 10.1. The number of benzene rings is 1. The first-order valence-electron chi connectivity index (χ1n) is 5.26. The van der Waals surface area contributed by atoms with Gasteiger partial charge in [-0.05, 0) is 30.3 Å². The zero-order valence-electron chi connectivity index (χ0n) is 9.43. The number of hydrogen-bond acceptors (Lipinski definition) is 4. The van der Waals surface area contributed by atoms with Gasteiger partial charge >= 0.3 is 0 Å². The van der Waals surface area contributed by atoms with Crippen LogP contribution in [0.1, 0.15) is 16.1 Å². The van der Waals surface area contributed by atoms with Gasteiger partial charge in [0, 0.05) is 16.9 Å². The van der Waals surface area contributed by atoms with Crippen molar-refractivity contribution in [2.75, 3.05) is 5.73 Å². The van der Waals surface area contributed by atoms with E-state index in [1.165, 1.54) is 0 Å². The van der Waals surface area contributed by atoms with Gasteiger partial charge < -0.3 is 11.1 Å². The van der Waals surface area contributed by atoms with Gasteiger partial charge in [0.25, 0.3) is 5.91 Å². The molecule has 0 radical (unpaired) electrons. The Balaban J connectivity index is 2.04. The second kappa shape index (κ2) is 5.46. The standard InChI is InChI=1S/C12H11ClN4O/c13-8-3-4-10(11(14)6-8)12(18)15-7-9-2-1-5-16-17-9/h1-6H,7,14H2,(H,15,18). The summed E-state index contributed by atoms with van der Waals surface area (Å²) in [5.41, 5.74) is 7.14. The van der Waals surface area contributed by atoms with Gasteiger partial charge in [0.1, 0.15) is 0 Å². The quantitative estimate of drug-likeness (QED) is 0.824. The Hall–Kier alpha value is -2.14. The first-order valence-corrected chi connectivity index (χ1v) is 5.64. The topological polar surface area (TPSA) is 80.9 Å². The molecule has 0 bridgehead atoms. The highest BCUT2D eigenvalue weighted by Crippen LogP contribution is 2.17. The summed E-state index contributed by atoms with van der Waals surface area (Å²) in [6, 6.07) is 8.28.